The molecule has 0 fully saturated rings. The Balaban J connectivity index is 1.41. The van der Waals surface area contributed by atoms with Crippen LogP contribution in [0.2, 0.25) is 5.02 Å². The van der Waals surface area contributed by atoms with Crippen molar-refractivity contribution in [3.63, 3.8) is 0 Å². The number of pyridine rings is 1. The molecule has 0 aliphatic heterocycles. The fourth-order valence-electron chi connectivity index (χ4n) is 3.41. The van der Waals surface area contributed by atoms with Gasteiger partial charge >= 0.3 is 0 Å². The minimum atomic E-state index is -0.673. The summed E-state index contributed by atoms with van der Waals surface area (Å²) in [6.07, 6.45) is 4.30. The van der Waals surface area contributed by atoms with Crippen LogP contribution in [-0.2, 0) is 6.42 Å². The van der Waals surface area contributed by atoms with Gasteiger partial charge in [0, 0.05) is 29.4 Å². The number of aromatic nitrogens is 3. The highest BCUT2D eigenvalue weighted by Gasteiger charge is 2.16. The first kappa shape index (κ1) is 22.9. The van der Waals surface area contributed by atoms with Crippen molar-refractivity contribution in [3.05, 3.63) is 93.1 Å². The van der Waals surface area contributed by atoms with Crippen molar-refractivity contribution < 1.29 is 9.59 Å². The van der Waals surface area contributed by atoms with E-state index in [9.17, 15) is 14.4 Å². The Kier molecular flexibility index (Phi) is 6.84. The summed E-state index contributed by atoms with van der Waals surface area (Å²) in [5.41, 5.74) is 7.71. The average molecular weight is 477 g/mol. The second-order valence-electron chi connectivity index (χ2n) is 7.59. The molecule has 0 aliphatic rings. The molecule has 2 heterocycles. The number of amides is 2. The number of nitrogen functional groups attached to an aromatic ring is 1. The molecular formula is C24H21ClN6O3. The molecule has 0 unspecified atom stereocenters. The van der Waals surface area contributed by atoms with Crippen molar-refractivity contribution in [1.82, 2.24) is 20.3 Å². The van der Waals surface area contributed by atoms with E-state index in [-0.39, 0.29) is 22.2 Å². The van der Waals surface area contributed by atoms with Gasteiger partial charge in [-0.25, -0.2) is 9.97 Å². The van der Waals surface area contributed by atoms with Crippen LogP contribution in [-0.4, -0.2) is 33.3 Å². The molecule has 2 aromatic heterocycles. The number of nitrogens with one attached hydrogen (secondary N) is 3. The number of hydrogen-bond acceptors (Lipinski definition) is 6. The smallest absolute Gasteiger partial charge is 0.262 e. The van der Waals surface area contributed by atoms with Gasteiger partial charge in [-0.3, -0.25) is 14.4 Å². The van der Waals surface area contributed by atoms with E-state index in [0.717, 1.165) is 18.4 Å². The number of nitrogens with two attached hydrogens (primary N) is 1. The highest BCUT2D eigenvalue weighted by molar-refractivity contribution is 6.34. The molecule has 0 saturated carbocycles. The minimum Gasteiger partial charge on any atom is -0.399 e. The Hall–Kier alpha value is -4.24. The molecule has 0 saturated heterocycles. The maximum absolute atomic E-state index is 12.7. The van der Waals surface area contributed by atoms with Crippen molar-refractivity contribution in [2.24, 2.45) is 0 Å². The first-order valence-corrected chi connectivity index (χ1v) is 10.8. The van der Waals surface area contributed by atoms with Gasteiger partial charge in [0.25, 0.3) is 17.4 Å². The van der Waals surface area contributed by atoms with Gasteiger partial charge in [0.2, 0.25) is 0 Å². The second kappa shape index (κ2) is 10.1. The van der Waals surface area contributed by atoms with Crippen LogP contribution in [0.4, 0.5) is 11.4 Å². The third-order valence-electron chi connectivity index (χ3n) is 5.12. The molecule has 0 radical (unpaired) electrons. The topological polar surface area (TPSA) is 143 Å². The number of halogens is 1. The number of aromatic amines is 1. The Morgan fingerprint density at radius 1 is 1.09 bits per heavy atom. The zero-order valence-electron chi connectivity index (χ0n) is 18.0. The number of hydrogen-bond donors (Lipinski definition) is 4. The average Bonchev–Trinajstić information content (AvgIpc) is 2.82. The lowest BCUT2D eigenvalue weighted by Gasteiger charge is -2.10. The Morgan fingerprint density at radius 3 is 2.76 bits per heavy atom. The van der Waals surface area contributed by atoms with Crippen molar-refractivity contribution >= 4 is 45.8 Å². The van der Waals surface area contributed by atoms with Crippen LogP contribution in [0.3, 0.4) is 0 Å². The number of nitrogens with zero attached hydrogens (tertiary/aromatic N) is 2. The summed E-state index contributed by atoms with van der Waals surface area (Å²) in [5.74, 6) is -0.978. The zero-order chi connectivity index (χ0) is 24.1. The van der Waals surface area contributed by atoms with Crippen LogP contribution in [0.1, 0.15) is 32.7 Å². The summed E-state index contributed by atoms with van der Waals surface area (Å²) in [6, 6.07) is 13.5. The SMILES string of the molecule is Nc1cccc(CCCNC(=O)c2ccc(Cl)c(NC(=O)c3cc4cncnc4[nH]c3=O)c2)c1. The number of fused-ring (bicyclic) bond motifs is 1. The lowest BCUT2D eigenvalue weighted by molar-refractivity contribution is 0.0951. The van der Waals surface area contributed by atoms with E-state index >= 15 is 0 Å². The number of H-pyrrole nitrogens is 1. The van der Waals surface area contributed by atoms with Gasteiger partial charge in [-0.05, 0) is 54.8 Å². The largest absolute Gasteiger partial charge is 0.399 e. The molecule has 0 spiro atoms. The van der Waals surface area contributed by atoms with Crippen LogP contribution in [0.15, 0.2) is 65.8 Å². The van der Waals surface area contributed by atoms with Crippen molar-refractivity contribution in [1.29, 1.82) is 0 Å². The van der Waals surface area contributed by atoms with E-state index in [1.807, 2.05) is 24.3 Å². The predicted molar refractivity (Wildman–Crippen MR) is 131 cm³/mol. The summed E-state index contributed by atoms with van der Waals surface area (Å²) in [7, 11) is 0. The van der Waals surface area contributed by atoms with Crippen molar-refractivity contribution in [2.75, 3.05) is 17.6 Å². The van der Waals surface area contributed by atoms with E-state index in [4.69, 9.17) is 17.3 Å². The molecule has 10 heteroatoms. The van der Waals surface area contributed by atoms with Gasteiger partial charge in [0.05, 0.1) is 10.7 Å². The van der Waals surface area contributed by atoms with E-state index in [1.165, 1.54) is 30.7 Å². The molecule has 0 atom stereocenters. The molecule has 2 aromatic carbocycles. The third kappa shape index (κ3) is 5.38. The molecular weight excluding hydrogens is 456 g/mol. The molecule has 4 rings (SSSR count). The number of carbonyl (C=O) groups is 2. The van der Waals surface area contributed by atoms with E-state index in [0.29, 0.717) is 28.8 Å². The Bertz CT molecular complexity index is 1440. The number of anilines is 2. The molecule has 0 bridgehead atoms. The Morgan fingerprint density at radius 2 is 1.94 bits per heavy atom. The fourth-order valence-corrected chi connectivity index (χ4v) is 3.58. The van der Waals surface area contributed by atoms with E-state index in [2.05, 4.69) is 25.6 Å². The molecule has 34 heavy (non-hydrogen) atoms. The monoisotopic (exact) mass is 476 g/mol. The molecule has 5 N–H and O–H groups in total. The van der Waals surface area contributed by atoms with Crippen LogP contribution in [0.5, 0.6) is 0 Å². The van der Waals surface area contributed by atoms with Gasteiger partial charge in [-0.15, -0.1) is 0 Å². The normalized spacial score (nSPS) is 10.7. The maximum Gasteiger partial charge on any atom is 0.262 e. The molecule has 2 amide bonds. The third-order valence-corrected chi connectivity index (χ3v) is 5.45. The number of benzene rings is 2. The van der Waals surface area contributed by atoms with E-state index in [1.54, 1.807) is 6.07 Å². The standard InChI is InChI=1S/C24H21ClN6O3/c25-19-7-6-15(22(32)28-8-2-4-14-3-1-5-17(26)9-14)11-20(19)30-23(33)18-10-16-12-27-13-29-21(16)31-24(18)34/h1,3,5-7,9-13H,2,4,8,26H2,(H,28,32)(H,30,33)(H,27,29,31,34). The van der Waals surface area contributed by atoms with Crippen LogP contribution in [0, 0.1) is 0 Å². The van der Waals surface area contributed by atoms with Gasteiger partial charge in [0.15, 0.2) is 0 Å². The summed E-state index contributed by atoms with van der Waals surface area (Å²) >= 11 is 6.21. The maximum atomic E-state index is 12.7. The quantitative estimate of drug-likeness (QED) is 0.238. The van der Waals surface area contributed by atoms with E-state index < -0.39 is 11.5 Å². The van der Waals surface area contributed by atoms with Gasteiger partial charge < -0.3 is 21.4 Å². The van der Waals surface area contributed by atoms with Gasteiger partial charge in [0.1, 0.15) is 17.5 Å². The zero-order valence-corrected chi connectivity index (χ0v) is 18.7. The van der Waals surface area contributed by atoms with Crippen LogP contribution in [0.25, 0.3) is 11.0 Å². The highest BCUT2D eigenvalue weighted by atomic mass is 35.5. The first-order chi connectivity index (χ1) is 16.4. The summed E-state index contributed by atoms with van der Waals surface area (Å²) in [4.78, 5) is 48.0. The number of carbonyl (C=O) groups excluding carboxylic acids is 2. The molecule has 9 nitrogen and oxygen atoms in total. The minimum absolute atomic E-state index is 0.130. The lowest BCUT2D eigenvalue weighted by Crippen LogP contribution is -2.25. The Labute approximate surface area is 199 Å². The van der Waals surface area contributed by atoms with Gasteiger partial charge in [-0.2, -0.15) is 0 Å². The highest BCUT2D eigenvalue weighted by Crippen LogP contribution is 2.24. The fraction of sp³-hybridized carbons (Fsp3) is 0.125. The van der Waals surface area contributed by atoms with Crippen LogP contribution < -0.4 is 21.9 Å². The van der Waals surface area contributed by atoms with Gasteiger partial charge in [-0.1, -0.05) is 23.7 Å². The molecule has 4 aromatic rings. The molecule has 172 valence electrons. The summed E-state index contributed by atoms with van der Waals surface area (Å²) < 4.78 is 0. The van der Waals surface area contributed by atoms with Crippen LogP contribution >= 0.6 is 11.6 Å². The number of rotatable bonds is 7. The number of aryl methyl sites for hydroxylation is 1. The predicted octanol–water partition coefficient (Wildman–Crippen LogP) is 3.17. The summed E-state index contributed by atoms with van der Waals surface area (Å²) in [5, 5.41) is 6.18. The van der Waals surface area contributed by atoms with Crippen molar-refractivity contribution in [2.45, 2.75) is 12.8 Å². The first-order valence-electron chi connectivity index (χ1n) is 10.5. The second-order valence-corrected chi connectivity index (χ2v) is 8.00. The summed E-state index contributed by atoms with van der Waals surface area (Å²) in [6.45, 7) is 0.465. The van der Waals surface area contributed by atoms with Crippen molar-refractivity contribution in [3.8, 4) is 0 Å². The lowest BCUT2D eigenvalue weighted by atomic mass is 10.1. The molecule has 0 aliphatic carbocycles.